The Kier molecular flexibility index (Phi) is 11.8. The van der Waals surface area contributed by atoms with Gasteiger partial charge < -0.3 is 37.5 Å². The zero-order chi connectivity index (χ0) is 28.8. The number of aromatic amines is 1. The highest BCUT2D eigenvalue weighted by Crippen LogP contribution is 2.27. The van der Waals surface area contributed by atoms with Crippen molar-refractivity contribution in [3.63, 3.8) is 0 Å². The van der Waals surface area contributed by atoms with E-state index in [9.17, 15) is 9.59 Å². The van der Waals surface area contributed by atoms with Crippen molar-refractivity contribution in [1.29, 1.82) is 0 Å². The molecule has 0 atom stereocenters. The number of benzene rings is 2. The van der Waals surface area contributed by atoms with Crippen molar-refractivity contribution in [3.8, 4) is 11.5 Å². The molecular formula is C29H35Cl3N6O2S. The molecule has 2 aromatic carbocycles. The zero-order valence-corrected chi connectivity index (χ0v) is 26.6. The smallest absolute Gasteiger partial charge is 0.255 e. The lowest BCUT2D eigenvalue weighted by Gasteiger charge is -2.24. The number of H-pyrrole nitrogens is 1. The number of anilines is 3. The van der Waals surface area contributed by atoms with Crippen LogP contribution < -0.4 is 27.9 Å². The summed E-state index contributed by atoms with van der Waals surface area (Å²) in [6.45, 7) is 3.36. The molecule has 0 saturated heterocycles. The SMILES string of the molecule is Cc1cc(N(CCCl)CCCl)ccc1NC(=O)c1ccc2c(c1)nc(-c1cc(NC(=O)CC[S+](C)C)c[nH]1)n2C.[Cl-]. The minimum absolute atomic E-state index is 0. The minimum Gasteiger partial charge on any atom is -1.00 e. The molecule has 0 fully saturated rings. The standard InChI is InChI=1S/C29H34Cl2N6O2S.ClH/c1-19-15-22(37(12-10-30)13-11-31)6-7-23(19)35-29(39)20-5-8-26-24(16-20)34-28(36(26)2)25-17-21(18-32-25)33-27(38)9-14-40(3)4;/h5-8,15-18H,9-14H2,1-4H3,(H2-,32,33,34,35,38,39);1H. The van der Waals surface area contributed by atoms with Gasteiger partial charge in [0.2, 0.25) is 5.91 Å². The van der Waals surface area contributed by atoms with Gasteiger partial charge in [-0.05, 0) is 65.8 Å². The Bertz CT molecular complexity index is 1500. The van der Waals surface area contributed by atoms with Gasteiger partial charge in [-0.3, -0.25) is 9.59 Å². The van der Waals surface area contributed by atoms with Crippen LogP contribution in [0.5, 0.6) is 0 Å². The molecular weight excluding hydrogens is 603 g/mol. The number of nitrogens with one attached hydrogen (secondary N) is 3. The monoisotopic (exact) mass is 636 g/mol. The molecule has 4 aromatic rings. The van der Waals surface area contributed by atoms with Gasteiger partial charge in [0.15, 0.2) is 5.82 Å². The third-order valence-corrected chi connectivity index (χ3v) is 7.98. The van der Waals surface area contributed by atoms with E-state index in [4.69, 9.17) is 28.2 Å². The highest BCUT2D eigenvalue weighted by molar-refractivity contribution is 7.95. The van der Waals surface area contributed by atoms with Crippen LogP contribution in [-0.4, -0.2) is 69.5 Å². The summed E-state index contributed by atoms with van der Waals surface area (Å²) < 4.78 is 1.96. The summed E-state index contributed by atoms with van der Waals surface area (Å²) in [7, 11) is 2.15. The number of aryl methyl sites for hydroxylation is 2. The van der Waals surface area contributed by atoms with Crippen molar-refractivity contribution in [3.05, 3.63) is 59.8 Å². The Morgan fingerprint density at radius 1 is 1.05 bits per heavy atom. The van der Waals surface area contributed by atoms with Crippen LogP contribution in [0.4, 0.5) is 17.1 Å². The van der Waals surface area contributed by atoms with Gasteiger partial charge in [-0.25, -0.2) is 4.98 Å². The van der Waals surface area contributed by atoms with Crippen molar-refractivity contribution >= 4 is 74.0 Å². The summed E-state index contributed by atoms with van der Waals surface area (Å²) in [5, 5.41) is 5.97. The van der Waals surface area contributed by atoms with E-state index in [-0.39, 0.29) is 35.1 Å². The minimum atomic E-state index is -0.213. The van der Waals surface area contributed by atoms with E-state index in [0.717, 1.165) is 33.9 Å². The van der Waals surface area contributed by atoms with Crippen LogP contribution in [0, 0.1) is 6.92 Å². The van der Waals surface area contributed by atoms with E-state index in [1.54, 1.807) is 18.3 Å². The summed E-state index contributed by atoms with van der Waals surface area (Å²) in [6, 6.07) is 13.3. The predicted octanol–water partition coefficient (Wildman–Crippen LogP) is 2.62. The Morgan fingerprint density at radius 3 is 2.44 bits per heavy atom. The second-order valence-electron chi connectivity index (χ2n) is 9.81. The normalized spacial score (nSPS) is 11.0. The number of amides is 2. The maximum absolute atomic E-state index is 13.2. The Hall–Kier alpha value is -2.85. The molecule has 0 saturated carbocycles. The van der Waals surface area contributed by atoms with Crippen LogP contribution in [-0.2, 0) is 22.7 Å². The third kappa shape index (κ3) is 8.13. The van der Waals surface area contributed by atoms with Crippen molar-refractivity contribution in [1.82, 2.24) is 14.5 Å². The fourth-order valence-corrected chi connectivity index (χ4v) is 5.45. The van der Waals surface area contributed by atoms with Gasteiger partial charge in [-0.2, -0.15) is 0 Å². The first-order valence-electron chi connectivity index (χ1n) is 13.0. The quantitative estimate of drug-likeness (QED) is 0.165. The fourth-order valence-electron chi connectivity index (χ4n) is 4.45. The molecule has 8 nitrogen and oxygen atoms in total. The number of fused-ring (bicyclic) bond motifs is 1. The Morgan fingerprint density at radius 2 is 1.78 bits per heavy atom. The van der Waals surface area contributed by atoms with Crippen molar-refractivity contribution < 1.29 is 22.0 Å². The molecule has 3 N–H and O–H groups in total. The van der Waals surface area contributed by atoms with Crippen LogP contribution in [0.1, 0.15) is 22.3 Å². The van der Waals surface area contributed by atoms with Crippen molar-refractivity contribution in [2.45, 2.75) is 13.3 Å². The van der Waals surface area contributed by atoms with Gasteiger partial charge in [-0.1, -0.05) is 0 Å². The summed E-state index contributed by atoms with van der Waals surface area (Å²) in [5.41, 5.74) is 6.28. The molecule has 2 heterocycles. The van der Waals surface area contributed by atoms with E-state index < -0.39 is 0 Å². The van der Waals surface area contributed by atoms with E-state index in [1.165, 1.54) is 0 Å². The second kappa shape index (κ2) is 14.9. The Labute approximate surface area is 259 Å². The van der Waals surface area contributed by atoms with Crippen LogP contribution in [0.3, 0.4) is 0 Å². The number of imidazole rings is 1. The number of halogens is 3. The molecule has 12 heteroatoms. The molecule has 0 aliphatic rings. The van der Waals surface area contributed by atoms with E-state index in [1.807, 2.05) is 48.9 Å². The first-order valence-corrected chi connectivity index (χ1v) is 16.3. The molecule has 0 radical (unpaired) electrons. The molecule has 220 valence electrons. The average molecular weight is 638 g/mol. The number of alkyl halides is 2. The summed E-state index contributed by atoms with van der Waals surface area (Å²) in [4.78, 5) is 35.5. The van der Waals surface area contributed by atoms with Gasteiger partial charge in [-0.15, -0.1) is 23.2 Å². The number of rotatable bonds is 12. The lowest BCUT2D eigenvalue weighted by molar-refractivity contribution is -0.115. The molecule has 41 heavy (non-hydrogen) atoms. The Balaban J connectivity index is 0.00000462. The van der Waals surface area contributed by atoms with E-state index in [0.29, 0.717) is 53.9 Å². The molecule has 0 aliphatic heterocycles. The number of hydrogen-bond donors (Lipinski definition) is 3. The fraction of sp³-hybridized carbons (Fsp3) is 0.345. The van der Waals surface area contributed by atoms with Crippen molar-refractivity contribution in [2.75, 3.05) is 58.6 Å². The average Bonchev–Trinajstić information content (AvgIpc) is 3.52. The molecule has 0 spiro atoms. The van der Waals surface area contributed by atoms with E-state index in [2.05, 4.69) is 33.0 Å². The lowest BCUT2D eigenvalue weighted by Crippen LogP contribution is -3.00. The summed E-state index contributed by atoms with van der Waals surface area (Å²) in [5.74, 6) is 2.38. The number of nitrogens with zero attached hydrogens (tertiary/aromatic N) is 3. The molecule has 0 aliphatic carbocycles. The first-order chi connectivity index (χ1) is 19.2. The van der Waals surface area contributed by atoms with Crippen LogP contribution in [0.15, 0.2) is 48.7 Å². The molecule has 0 bridgehead atoms. The maximum Gasteiger partial charge on any atom is 0.255 e. The molecule has 4 rings (SSSR count). The van der Waals surface area contributed by atoms with Crippen molar-refractivity contribution in [2.24, 2.45) is 7.05 Å². The molecule has 2 amide bonds. The molecule has 0 unspecified atom stereocenters. The van der Waals surface area contributed by atoms with Crippen LogP contribution in [0.25, 0.3) is 22.6 Å². The summed E-state index contributed by atoms with van der Waals surface area (Å²) >= 11 is 11.9. The number of carbonyl (C=O) groups excluding carboxylic acids is 2. The summed E-state index contributed by atoms with van der Waals surface area (Å²) in [6.07, 6.45) is 6.52. The number of carbonyl (C=O) groups is 2. The van der Waals surface area contributed by atoms with Crippen LogP contribution in [0.2, 0.25) is 0 Å². The molecule has 2 aromatic heterocycles. The number of hydrogen-bond acceptors (Lipinski definition) is 4. The lowest BCUT2D eigenvalue weighted by atomic mass is 10.1. The maximum atomic E-state index is 13.2. The first kappa shape index (κ1) is 32.7. The largest absolute Gasteiger partial charge is 1.00 e. The van der Waals surface area contributed by atoms with E-state index >= 15 is 0 Å². The van der Waals surface area contributed by atoms with Gasteiger partial charge in [0.1, 0.15) is 5.75 Å². The number of aromatic nitrogens is 3. The third-order valence-electron chi connectivity index (χ3n) is 6.62. The van der Waals surface area contributed by atoms with Gasteiger partial charge in [0.05, 0.1) is 41.3 Å². The van der Waals surface area contributed by atoms with Gasteiger partial charge in [0, 0.05) is 55.0 Å². The van der Waals surface area contributed by atoms with Gasteiger partial charge in [0.25, 0.3) is 5.91 Å². The topological polar surface area (TPSA) is 95.1 Å². The van der Waals surface area contributed by atoms with Gasteiger partial charge >= 0.3 is 0 Å². The second-order valence-corrected chi connectivity index (χ2v) is 12.9. The highest BCUT2D eigenvalue weighted by atomic mass is 35.5. The van der Waals surface area contributed by atoms with Crippen LogP contribution >= 0.6 is 23.2 Å². The zero-order valence-electron chi connectivity index (χ0n) is 23.6. The highest BCUT2D eigenvalue weighted by Gasteiger charge is 2.16. The predicted molar refractivity (Wildman–Crippen MR) is 171 cm³/mol.